The van der Waals surface area contributed by atoms with E-state index in [1.54, 1.807) is 23.9 Å². The monoisotopic (exact) mass is 500 g/mol. The van der Waals surface area contributed by atoms with Gasteiger partial charge in [-0.05, 0) is 42.3 Å². The van der Waals surface area contributed by atoms with Crippen molar-refractivity contribution in [1.29, 1.82) is 0 Å². The van der Waals surface area contributed by atoms with Crippen LogP contribution in [-0.2, 0) is 4.79 Å². The highest BCUT2D eigenvalue weighted by Gasteiger charge is 2.23. The molecule has 1 heterocycles. The summed E-state index contributed by atoms with van der Waals surface area (Å²) in [6, 6.07) is 24.5. The molecule has 4 rings (SSSR count). The lowest BCUT2D eigenvalue weighted by Crippen LogP contribution is -2.40. The van der Waals surface area contributed by atoms with Gasteiger partial charge in [-0.15, -0.1) is 0 Å². The Morgan fingerprint density at radius 3 is 2.32 bits per heavy atom. The van der Waals surface area contributed by atoms with Gasteiger partial charge in [0.05, 0.1) is 24.1 Å². The lowest BCUT2D eigenvalue weighted by Gasteiger charge is -2.24. The van der Waals surface area contributed by atoms with Crippen molar-refractivity contribution in [1.82, 2.24) is 14.7 Å². The molecule has 37 heavy (non-hydrogen) atoms. The van der Waals surface area contributed by atoms with E-state index in [4.69, 9.17) is 9.84 Å². The van der Waals surface area contributed by atoms with Crippen molar-refractivity contribution in [3.05, 3.63) is 96.3 Å². The number of hydrogen-bond acceptors (Lipinski definition) is 4. The van der Waals surface area contributed by atoms with Gasteiger partial charge in [-0.3, -0.25) is 9.59 Å². The van der Waals surface area contributed by atoms with Crippen molar-refractivity contribution in [3.63, 3.8) is 0 Å². The first-order chi connectivity index (χ1) is 17.9. The minimum atomic E-state index is -0.619. The van der Waals surface area contributed by atoms with Crippen LogP contribution in [0.5, 0.6) is 5.75 Å². The molecule has 0 unspecified atom stereocenters. The standard InChI is InChI=1S/C29H29FN4O3/c1-20(2)18-33(29(36)24-11-7-8-12-25(24)30)19-28(35)31-27-17-26(21-9-5-4-6-10-21)32-34(27)22-13-15-23(37-3)16-14-22/h4-17,20H,18-19H2,1-3H3,(H,31,35). The lowest BCUT2D eigenvalue weighted by atomic mass is 10.1. The molecule has 0 fully saturated rings. The Balaban J connectivity index is 1.62. The first kappa shape index (κ1) is 25.6. The summed E-state index contributed by atoms with van der Waals surface area (Å²) in [5, 5.41) is 7.61. The summed E-state index contributed by atoms with van der Waals surface area (Å²) < 4.78 is 21.2. The largest absolute Gasteiger partial charge is 0.497 e. The molecule has 1 aromatic heterocycles. The highest BCUT2D eigenvalue weighted by molar-refractivity contribution is 5.99. The normalized spacial score (nSPS) is 10.8. The molecule has 1 N–H and O–H groups in total. The predicted octanol–water partition coefficient (Wildman–Crippen LogP) is 5.42. The Hall–Kier alpha value is -4.46. The van der Waals surface area contributed by atoms with Crippen LogP contribution in [0.4, 0.5) is 10.2 Å². The number of rotatable bonds is 9. The molecule has 0 aliphatic heterocycles. The molecule has 0 spiro atoms. The second kappa shape index (κ2) is 11.5. The molecule has 0 radical (unpaired) electrons. The molecule has 3 aromatic carbocycles. The fraction of sp³-hybridized carbons (Fsp3) is 0.207. The van der Waals surface area contributed by atoms with Gasteiger partial charge >= 0.3 is 0 Å². The highest BCUT2D eigenvalue weighted by atomic mass is 19.1. The van der Waals surface area contributed by atoms with E-state index in [-0.39, 0.29) is 18.0 Å². The number of nitrogens with zero attached hydrogens (tertiary/aromatic N) is 3. The molecule has 0 atom stereocenters. The van der Waals surface area contributed by atoms with Crippen LogP contribution in [0.15, 0.2) is 84.9 Å². The maximum atomic E-state index is 14.3. The van der Waals surface area contributed by atoms with Gasteiger partial charge in [-0.2, -0.15) is 5.10 Å². The molecule has 4 aromatic rings. The van der Waals surface area contributed by atoms with Gasteiger partial charge < -0.3 is 15.0 Å². The number of carbonyl (C=O) groups excluding carboxylic acids is 2. The smallest absolute Gasteiger partial charge is 0.257 e. The first-order valence-corrected chi connectivity index (χ1v) is 12.0. The SMILES string of the molecule is COc1ccc(-n2nc(-c3ccccc3)cc2NC(=O)CN(CC(C)C)C(=O)c2ccccc2F)cc1. The summed E-state index contributed by atoms with van der Waals surface area (Å²) in [4.78, 5) is 27.7. The molecule has 0 aliphatic rings. The van der Waals surface area contributed by atoms with Crippen molar-refractivity contribution in [2.24, 2.45) is 5.92 Å². The molecule has 7 nitrogen and oxygen atoms in total. The summed E-state index contributed by atoms with van der Waals surface area (Å²) in [7, 11) is 1.59. The van der Waals surface area contributed by atoms with Crippen LogP contribution in [0.2, 0.25) is 0 Å². The molecular weight excluding hydrogens is 471 g/mol. The zero-order valence-electron chi connectivity index (χ0n) is 21.0. The minimum absolute atomic E-state index is 0.0643. The van der Waals surface area contributed by atoms with Crippen molar-refractivity contribution in [2.45, 2.75) is 13.8 Å². The van der Waals surface area contributed by atoms with Crippen LogP contribution in [-0.4, -0.2) is 46.7 Å². The van der Waals surface area contributed by atoms with Gasteiger partial charge in [0.1, 0.15) is 23.9 Å². The number of nitrogens with one attached hydrogen (secondary N) is 1. The number of methoxy groups -OCH3 is 1. The van der Waals surface area contributed by atoms with E-state index in [1.165, 1.54) is 23.1 Å². The van der Waals surface area contributed by atoms with Crippen LogP contribution in [0, 0.1) is 11.7 Å². The number of halogens is 1. The van der Waals surface area contributed by atoms with Crippen molar-refractivity contribution in [2.75, 3.05) is 25.5 Å². The summed E-state index contributed by atoms with van der Waals surface area (Å²) in [6.07, 6.45) is 0. The van der Waals surface area contributed by atoms with Gasteiger partial charge in [0.2, 0.25) is 5.91 Å². The minimum Gasteiger partial charge on any atom is -0.497 e. The van der Waals surface area contributed by atoms with Crippen molar-refractivity contribution in [3.8, 4) is 22.7 Å². The predicted molar refractivity (Wildman–Crippen MR) is 141 cm³/mol. The Morgan fingerprint density at radius 2 is 1.68 bits per heavy atom. The summed E-state index contributed by atoms with van der Waals surface area (Å²) in [5.74, 6) is -0.349. The second-order valence-electron chi connectivity index (χ2n) is 9.00. The van der Waals surface area contributed by atoms with Crippen molar-refractivity contribution >= 4 is 17.6 Å². The number of amides is 2. The van der Waals surface area contributed by atoms with Crippen molar-refractivity contribution < 1.29 is 18.7 Å². The van der Waals surface area contributed by atoms with E-state index in [0.717, 1.165) is 11.3 Å². The first-order valence-electron chi connectivity index (χ1n) is 12.0. The lowest BCUT2D eigenvalue weighted by molar-refractivity contribution is -0.117. The van der Waals surface area contributed by atoms with Gasteiger partial charge in [0.15, 0.2) is 0 Å². The molecule has 0 saturated heterocycles. The van der Waals surface area contributed by atoms with E-state index in [9.17, 15) is 14.0 Å². The molecule has 0 bridgehead atoms. The summed E-state index contributed by atoms with van der Waals surface area (Å²) in [5.41, 5.74) is 2.22. The quantitative estimate of drug-likeness (QED) is 0.333. The number of benzene rings is 3. The average molecular weight is 501 g/mol. The van der Waals surface area contributed by atoms with Gasteiger partial charge in [0, 0.05) is 18.2 Å². The van der Waals surface area contributed by atoms with Crippen LogP contribution < -0.4 is 10.1 Å². The van der Waals surface area contributed by atoms with Crippen LogP contribution in [0.25, 0.3) is 16.9 Å². The zero-order valence-corrected chi connectivity index (χ0v) is 21.0. The Kier molecular flexibility index (Phi) is 7.98. The number of aromatic nitrogens is 2. The number of hydrogen-bond donors (Lipinski definition) is 1. The highest BCUT2D eigenvalue weighted by Crippen LogP contribution is 2.26. The Labute approximate surface area is 215 Å². The van der Waals surface area contributed by atoms with Gasteiger partial charge in [-0.1, -0.05) is 56.3 Å². The molecule has 0 saturated carbocycles. The Morgan fingerprint density at radius 1 is 1.00 bits per heavy atom. The molecule has 190 valence electrons. The average Bonchev–Trinajstić information content (AvgIpc) is 3.32. The fourth-order valence-electron chi connectivity index (χ4n) is 3.96. The number of carbonyl (C=O) groups is 2. The van der Waals surface area contributed by atoms with E-state index < -0.39 is 17.6 Å². The van der Waals surface area contributed by atoms with Crippen LogP contribution >= 0.6 is 0 Å². The topological polar surface area (TPSA) is 76.5 Å². The van der Waals surface area contributed by atoms with E-state index in [2.05, 4.69) is 5.32 Å². The molecule has 0 aliphatic carbocycles. The third-order valence-electron chi connectivity index (χ3n) is 5.67. The van der Waals surface area contributed by atoms with E-state index in [1.807, 2.05) is 68.4 Å². The van der Waals surface area contributed by atoms with Crippen LogP contribution in [0.1, 0.15) is 24.2 Å². The van der Waals surface area contributed by atoms with Gasteiger partial charge in [-0.25, -0.2) is 9.07 Å². The number of ether oxygens (including phenoxy) is 1. The third-order valence-corrected chi connectivity index (χ3v) is 5.67. The third kappa shape index (κ3) is 6.22. The molecular formula is C29H29FN4O3. The summed E-state index contributed by atoms with van der Waals surface area (Å²) >= 11 is 0. The second-order valence-corrected chi connectivity index (χ2v) is 9.00. The van der Waals surface area contributed by atoms with Crippen LogP contribution in [0.3, 0.4) is 0 Å². The van der Waals surface area contributed by atoms with Gasteiger partial charge in [0.25, 0.3) is 5.91 Å². The molecule has 8 heteroatoms. The maximum absolute atomic E-state index is 14.3. The maximum Gasteiger partial charge on any atom is 0.257 e. The Bertz CT molecular complexity index is 1370. The van der Waals surface area contributed by atoms with E-state index >= 15 is 0 Å². The summed E-state index contributed by atoms with van der Waals surface area (Å²) in [6.45, 7) is 3.93. The van der Waals surface area contributed by atoms with E-state index in [0.29, 0.717) is 23.8 Å². The fourth-order valence-corrected chi connectivity index (χ4v) is 3.96. The molecule has 2 amide bonds. The number of anilines is 1. The zero-order chi connectivity index (χ0) is 26.4.